The molecule has 0 N–H and O–H groups in total. The van der Waals surface area contributed by atoms with Crippen LogP contribution in [0.2, 0.25) is 0 Å². The number of aromatic nitrogens is 3. The molecule has 0 spiro atoms. The molecule has 0 atom stereocenters. The number of fused-ring (bicyclic) bond motifs is 3. The van der Waals surface area contributed by atoms with Gasteiger partial charge in [0.2, 0.25) is 5.78 Å². The van der Waals surface area contributed by atoms with Crippen LogP contribution in [0.25, 0.3) is 28.1 Å². The summed E-state index contributed by atoms with van der Waals surface area (Å²) >= 11 is 0. The highest BCUT2D eigenvalue weighted by Crippen LogP contribution is 2.24. The molecule has 0 saturated carbocycles. The van der Waals surface area contributed by atoms with Crippen LogP contribution in [0, 0.1) is 4.91 Å². The van der Waals surface area contributed by atoms with Gasteiger partial charge < -0.3 is 0 Å². The molecule has 0 amide bonds. The minimum absolute atomic E-state index is 0.391. The fourth-order valence-electron chi connectivity index (χ4n) is 2.43. The van der Waals surface area contributed by atoms with Crippen molar-refractivity contribution in [3.05, 3.63) is 65.7 Å². The predicted octanol–water partition coefficient (Wildman–Crippen LogP) is 3.95. The second-order valence-electron chi connectivity index (χ2n) is 4.72. The maximum atomic E-state index is 10.6. The molecule has 0 aliphatic carbocycles. The smallest absolute Gasteiger partial charge is 0.235 e. The van der Waals surface area contributed by atoms with Gasteiger partial charge in [-0.25, -0.2) is 9.97 Å². The van der Waals surface area contributed by atoms with E-state index in [4.69, 9.17) is 0 Å². The van der Waals surface area contributed by atoms with E-state index in [0.29, 0.717) is 11.5 Å². The highest BCUT2D eigenvalue weighted by molar-refractivity contribution is 5.80. The van der Waals surface area contributed by atoms with Crippen LogP contribution in [0.1, 0.15) is 0 Å². The van der Waals surface area contributed by atoms with Crippen LogP contribution in [-0.2, 0) is 0 Å². The zero-order valence-corrected chi connectivity index (χ0v) is 11.0. The number of nitrogens with zero attached hydrogens (tertiary/aromatic N) is 4. The van der Waals surface area contributed by atoms with Crippen molar-refractivity contribution in [3.8, 4) is 11.3 Å². The summed E-state index contributed by atoms with van der Waals surface area (Å²) in [6, 6.07) is 16.9. The number of benzene rings is 2. The normalized spacial score (nSPS) is 11.0. The predicted molar refractivity (Wildman–Crippen MR) is 81.4 cm³/mol. The first-order valence-electron chi connectivity index (χ1n) is 6.53. The van der Waals surface area contributed by atoms with Gasteiger partial charge in [-0.2, -0.15) is 0 Å². The lowest BCUT2D eigenvalue weighted by Gasteiger charge is -2.02. The van der Waals surface area contributed by atoms with Gasteiger partial charge in [0.25, 0.3) is 0 Å². The number of imidazole rings is 1. The molecule has 0 saturated heterocycles. The molecule has 2 aromatic heterocycles. The Hall–Kier alpha value is -3.08. The van der Waals surface area contributed by atoms with Gasteiger partial charge in [0.15, 0.2) is 0 Å². The van der Waals surface area contributed by atoms with Gasteiger partial charge in [-0.15, -0.1) is 4.91 Å². The summed E-state index contributed by atoms with van der Waals surface area (Å²) in [7, 11) is 0. The first kappa shape index (κ1) is 11.7. The number of para-hydroxylation sites is 2. The topological polar surface area (TPSA) is 59.6 Å². The lowest BCUT2D eigenvalue weighted by Crippen LogP contribution is -1.91. The molecule has 2 heterocycles. The summed E-state index contributed by atoms with van der Waals surface area (Å²) in [6.07, 6.45) is 1.94. The van der Waals surface area contributed by atoms with E-state index in [0.717, 1.165) is 22.3 Å². The Morgan fingerprint density at radius 3 is 2.76 bits per heavy atom. The van der Waals surface area contributed by atoms with Gasteiger partial charge in [-0.3, -0.25) is 4.40 Å². The molecule has 0 aliphatic rings. The zero-order valence-electron chi connectivity index (χ0n) is 11.0. The third-order valence-electron chi connectivity index (χ3n) is 3.43. The van der Waals surface area contributed by atoms with E-state index in [-0.39, 0.29) is 0 Å². The van der Waals surface area contributed by atoms with Gasteiger partial charge >= 0.3 is 0 Å². The fourth-order valence-corrected chi connectivity index (χ4v) is 2.43. The molecular weight excluding hydrogens is 264 g/mol. The molecule has 0 radical (unpaired) electrons. The third-order valence-corrected chi connectivity index (χ3v) is 3.43. The van der Waals surface area contributed by atoms with Crippen LogP contribution in [0.15, 0.2) is 66.0 Å². The van der Waals surface area contributed by atoms with Crippen molar-refractivity contribution in [2.45, 2.75) is 0 Å². The molecule has 21 heavy (non-hydrogen) atoms. The summed E-state index contributed by atoms with van der Waals surface area (Å²) in [5, 5.41) is 2.96. The lowest BCUT2D eigenvalue weighted by molar-refractivity contribution is 1.14. The van der Waals surface area contributed by atoms with Crippen LogP contribution in [0.4, 0.5) is 5.69 Å². The molecule has 0 fully saturated rings. The standard InChI is InChI=1S/C16H10N4O/c21-19-12-5-3-4-11(10-12)13-8-9-20-15-7-2-1-6-14(15)18-16(20)17-13/h1-10H. The van der Waals surface area contributed by atoms with Crippen molar-refractivity contribution in [1.29, 1.82) is 0 Å². The van der Waals surface area contributed by atoms with Crippen molar-refractivity contribution in [3.63, 3.8) is 0 Å². The molecule has 0 unspecified atom stereocenters. The van der Waals surface area contributed by atoms with E-state index in [1.165, 1.54) is 0 Å². The average Bonchev–Trinajstić information content (AvgIpc) is 2.92. The van der Waals surface area contributed by atoms with Gasteiger partial charge in [-0.1, -0.05) is 24.3 Å². The van der Waals surface area contributed by atoms with Crippen LogP contribution >= 0.6 is 0 Å². The van der Waals surface area contributed by atoms with Gasteiger partial charge in [0.1, 0.15) is 5.69 Å². The monoisotopic (exact) mass is 274 g/mol. The fraction of sp³-hybridized carbons (Fsp3) is 0. The SMILES string of the molecule is O=Nc1cccc(-c2ccn3c(n2)nc2ccccc23)c1. The number of hydrogen-bond acceptors (Lipinski definition) is 4. The molecular formula is C16H10N4O. The zero-order chi connectivity index (χ0) is 14.2. The first-order chi connectivity index (χ1) is 10.3. The Morgan fingerprint density at radius 1 is 0.952 bits per heavy atom. The average molecular weight is 274 g/mol. The molecule has 5 heteroatoms. The number of hydrogen-bond donors (Lipinski definition) is 0. The van der Waals surface area contributed by atoms with Gasteiger partial charge in [0.05, 0.1) is 16.7 Å². The Labute approximate surface area is 119 Å². The summed E-state index contributed by atoms with van der Waals surface area (Å²) in [6.45, 7) is 0. The highest BCUT2D eigenvalue weighted by atomic mass is 16.3. The van der Waals surface area contributed by atoms with Gasteiger partial charge in [0, 0.05) is 11.8 Å². The van der Waals surface area contributed by atoms with Crippen molar-refractivity contribution < 1.29 is 0 Å². The van der Waals surface area contributed by atoms with E-state index in [2.05, 4.69) is 15.1 Å². The minimum atomic E-state index is 0.391. The summed E-state index contributed by atoms with van der Waals surface area (Å²) in [5.41, 5.74) is 3.94. The first-order valence-corrected chi connectivity index (χ1v) is 6.53. The maximum Gasteiger partial charge on any atom is 0.235 e. The summed E-state index contributed by atoms with van der Waals surface area (Å²) < 4.78 is 1.95. The highest BCUT2D eigenvalue weighted by Gasteiger charge is 2.07. The van der Waals surface area contributed by atoms with E-state index in [1.54, 1.807) is 18.2 Å². The van der Waals surface area contributed by atoms with Crippen molar-refractivity contribution in [2.75, 3.05) is 0 Å². The van der Waals surface area contributed by atoms with E-state index in [9.17, 15) is 4.91 Å². The molecule has 0 aliphatic heterocycles. The van der Waals surface area contributed by atoms with Crippen LogP contribution in [-0.4, -0.2) is 14.4 Å². The van der Waals surface area contributed by atoms with Crippen LogP contribution in [0.3, 0.4) is 0 Å². The van der Waals surface area contributed by atoms with E-state index in [1.807, 2.05) is 47.0 Å². The lowest BCUT2D eigenvalue weighted by atomic mass is 10.1. The van der Waals surface area contributed by atoms with E-state index >= 15 is 0 Å². The van der Waals surface area contributed by atoms with Crippen molar-refractivity contribution in [1.82, 2.24) is 14.4 Å². The van der Waals surface area contributed by atoms with Gasteiger partial charge in [-0.05, 0) is 35.5 Å². The second-order valence-corrected chi connectivity index (χ2v) is 4.72. The Balaban J connectivity index is 1.94. The molecule has 4 rings (SSSR count). The molecule has 2 aromatic carbocycles. The van der Waals surface area contributed by atoms with Crippen molar-refractivity contribution >= 4 is 22.5 Å². The summed E-state index contributed by atoms with van der Waals surface area (Å²) in [5.74, 6) is 0.637. The van der Waals surface area contributed by atoms with Crippen LogP contribution in [0.5, 0.6) is 0 Å². The third kappa shape index (κ3) is 1.87. The number of nitroso groups, excluding NO2 is 1. The largest absolute Gasteiger partial charge is 0.284 e. The van der Waals surface area contributed by atoms with Crippen LogP contribution < -0.4 is 0 Å². The Kier molecular flexibility index (Phi) is 2.50. The minimum Gasteiger partial charge on any atom is -0.284 e. The Morgan fingerprint density at radius 2 is 1.86 bits per heavy atom. The quantitative estimate of drug-likeness (QED) is 0.520. The summed E-state index contributed by atoms with van der Waals surface area (Å²) in [4.78, 5) is 19.7. The van der Waals surface area contributed by atoms with E-state index < -0.39 is 0 Å². The Bertz CT molecular complexity index is 974. The second kappa shape index (κ2) is 4.49. The maximum absolute atomic E-state index is 10.6. The molecule has 4 aromatic rings. The molecule has 0 bridgehead atoms. The van der Waals surface area contributed by atoms with Crippen molar-refractivity contribution in [2.24, 2.45) is 5.18 Å². The number of rotatable bonds is 2. The molecule has 5 nitrogen and oxygen atoms in total. The molecule has 100 valence electrons.